The van der Waals surface area contributed by atoms with E-state index < -0.39 is 15.0 Å². The van der Waals surface area contributed by atoms with Crippen LogP contribution in [0.3, 0.4) is 0 Å². The number of hydrogen-bond acceptors (Lipinski definition) is 4. The molecular formula is C14H19NO4S. The number of hydrogen-bond donors (Lipinski definition) is 1. The minimum absolute atomic E-state index is 0.0496. The van der Waals surface area contributed by atoms with Crippen LogP contribution in [0.2, 0.25) is 0 Å². The van der Waals surface area contributed by atoms with Gasteiger partial charge in [-0.1, -0.05) is 38.1 Å². The summed E-state index contributed by atoms with van der Waals surface area (Å²) in [5.74, 6) is 0.0496. The molecule has 2 rings (SSSR count). The van der Waals surface area contributed by atoms with Crippen molar-refractivity contribution in [2.75, 3.05) is 13.1 Å². The monoisotopic (exact) mass is 297 g/mol. The lowest BCUT2D eigenvalue weighted by Crippen LogP contribution is -2.58. The summed E-state index contributed by atoms with van der Waals surface area (Å²) in [6.07, 6.45) is 1.16. The van der Waals surface area contributed by atoms with Gasteiger partial charge in [-0.15, -0.1) is 0 Å². The first-order chi connectivity index (χ1) is 9.34. The van der Waals surface area contributed by atoms with Crippen molar-refractivity contribution < 1.29 is 17.8 Å². The van der Waals surface area contributed by atoms with E-state index in [4.69, 9.17) is 0 Å². The highest BCUT2D eigenvalue weighted by Crippen LogP contribution is 2.39. The maximum atomic E-state index is 12.0. The summed E-state index contributed by atoms with van der Waals surface area (Å²) in [7, 11) is -4.59. The van der Waals surface area contributed by atoms with Crippen molar-refractivity contribution in [3.63, 3.8) is 0 Å². The van der Waals surface area contributed by atoms with Gasteiger partial charge in [-0.3, -0.25) is 14.2 Å². The van der Waals surface area contributed by atoms with Crippen molar-refractivity contribution in [3.8, 4) is 0 Å². The molecule has 1 aliphatic heterocycles. The number of nitrogens with zero attached hydrogens (tertiary/aromatic N) is 1. The Hall–Kier alpha value is -1.24. The molecule has 1 heterocycles. The zero-order valence-electron chi connectivity index (χ0n) is 11.6. The van der Waals surface area contributed by atoms with Gasteiger partial charge >= 0.3 is 0 Å². The Bertz CT molecular complexity index is 607. The average Bonchev–Trinajstić information content (AvgIpc) is 2.31. The standard InChI is InChI=1S/C14H19NO4S/c1-11(2)12-6-3-4-7-13(12)14(10-16,20(17,18)19)15-8-5-9-15/h3-4,6-7,10-11H,5,8-9H2,1-2H3,(H,17,18,19). The molecule has 110 valence electrons. The molecule has 1 unspecified atom stereocenters. The van der Waals surface area contributed by atoms with Gasteiger partial charge in [0.1, 0.15) is 0 Å². The van der Waals surface area contributed by atoms with E-state index in [0.717, 1.165) is 12.0 Å². The predicted octanol–water partition coefficient (Wildman–Crippen LogP) is 1.76. The van der Waals surface area contributed by atoms with Crippen LogP contribution in [0.25, 0.3) is 0 Å². The molecule has 20 heavy (non-hydrogen) atoms. The molecule has 1 fully saturated rings. The third-order valence-corrected chi connectivity index (χ3v) is 5.21. The van der Waals surface area contributed by atoms with Crippen molar-refractivity contribution in [1.82, 2.24) is 4.90 Å². The number of benzene rings is 1. The average molecular weight is 297 g/mol. The van der Waals surface area contributed by atoms with Gasteiger partial charge in [0.05, 0.1) is 0 Å². The molecule has 1 atom stereocenters. The maximum absolute atomic E-state index is 12.0. The minimum Gasteiger partial charge on any atom is -0.300 e. The van der Waals surface area contributed by atoms with Gasteiger partial charge in [0.2, 0.25) is 4.87 Å². The molecule has 0 amide bonds. The lowest BCUT2D eigenvalue weighted by molar-refractivity contribution is -0.116. The van der Waals surface area contributed by atoms with Gasteiger partial charge in [0, 0.05) is 18.7 Å². The summed E-state index contributed by atoms with van der Waals surface area (Å²) >= 11 is 0. The second-order valence-electron chi connectivity index (χ2n) is 5.37. The highest BCUT2D eigenvalue weighted by atomic mass is 32.2. The van der Waals surface area contributed by atoms with Crippen molar-refractivity contribution in [2.45, 2.75) is 31.1 Å². The highest BCUT2D eigenvalue weighted by molar-refractivity contribution is 7.87. The van der Waals surface area contributed by atoms with E-state index in [1.807, 2.05) is 13.8 Å². The van der Waals surface area contributed by atoms with Gasteiger partial charge in [-0.2, -0.15) is 8.42 Å². The Morgan fingerprint density at radius 1 is 1.30 bits per heavy atom. The molecule has 1 aromatic carbocycles. The van der Waals surface area contributed by atoms with Crippen LogP contribution in [-0.4, -0.2) is 37.2 Å². The van der Waals surface area contributed by atoms with E-state index in [-0.39, 0.29) is 5.92 Å². The first-order valence-corrected chi connectivity index (χ1v) is 8.06. The lowest BCUT2D eigenvalue weighted by Gasteiger charge is -2.44. The van der Waals surface area contributed by atoms with Crippen LogP contribution >= 0.6 is 0 Å². The fourth-order valence-electron chi connectivity index (χ4n) is 2.65. The van der Waals surface area contributed by atoms with E-state index in [1.54, 1.807) is 24.3 Å². The zero-order chi connectivity index (χ0) is 15.0. The van der Waals surface area contributed by atoms with E-state index in [1.165, 1.54) is 4.90 Å². The van der Waals surface area contributed by atoms with E-state index in [0.29, 0.717) is 24.9 Å². The van der Waals surface area contributed by atoms with E-state index >= 15 is 0 Å². The predicted molar refractivity (Wildman–Crippen MR) is 76.0 cm³/mol. The van der Waals surface area contributed by atoms with Crippen LogP contribution < -0.4 is 0 Å². The molecule has 5 nitrogen and oxygen atoms in total. The Balaban J connectivity index is 2.73. The summed E-state index contributed by atoms with van der Waals surface area (Å²) in [5.41, 5.74) is 1.11. The molecule has 0 spiro atoms. The highest BCUT2D eigenvalue weighted by Gasteiger charge is 2.53. The van der Waals surface area contributed by atoms with Crippen LogP contribution in [-0.2, 0) is 19.8 Å². The second-order valence-corrected chi connectivity index (χ2v) is 6.94. The quantitative estimate of drug-likeness (QED) is 0.662. The molecular weight excluding hydrogens is 278 g/mol. The van der Waals surface area contributed by atoms with Gasteiger partial charge in [0.15, 0.2) is 6.29 Å². The molecule has 1 aliphatic rings. The van der Waals surface area contributed by atoms with E-state index in [9.17, 15) is 17.8 Å². The van der Waals surface area contributed by atoms with Gasteiger partial charge in [-0.25, -0.2) is 0 Å². The summed E-state index contributed by atoms with van der Waals surface area (Å²) in [6.45, 7) is 4.80. The topological polar surface area (TPSA) is 74.7 Å². The van der Waals surface area contributed by atoms with Crippen LogP contribution in [0.5, 0.6) is 0 Å². The summed E-state index contributed by atoms with van der Waals surface area (Å²) < 4.78 is 33.7. The van der Waals surface area contributed by atoms with Gasteiger partial charge in [0.25, 0.3) is 10.1 Å². The zero-order valence-corrected chi connectivity index (χ0v) is 12.4. The van der Waals surface area contributed by atoms with E-state index in [2.05, 4.69) is 0 Å². The SMILES string of the molecule is CC(C)c1ccccc1C(C=O)(N1CCC1)S(=O)(=O)O. The largest absolute Gasteiger partial charge is 0.300 e. The molecule has 1 N–H and O–H groups in total. The van der Waals surface area contributed by atoms with Crippen LogP contribution in [0, 0.1) is 0 Å². The van der Waals surface area contributed by atoms with Crippen molar-refractivity contribution in [2.24, 2.45) is 0 Å². The van der Waals surface area contributed by atoms with Gasteiger partial charge in [-0.05, 0) is 17.9 Å². The van der Waals surface area contributed by atoms with Crippen molar-refractivity contribution in [3.05, 3.63) is 35.4 Å². The summed E-state index contributed by atoms with van der Waals surface area (Å²) in [5, 5.41) is 0. The smallest absolute Gasteiger partial charge is 0.295 e. The molecule has 0 saturated carbocycles. The molecule has 0 bridgehead atoms. The van der Waals surface area contributed by atoms with Crippen LogP contribution in [0.1, 0.15) is 37.3 Å². The minimum atomic E-state index is -4.59. The molecule has 1 aromatic rings. The van der Waals surface area contributed by atoms with Crippen LogP contribution in [0.15, 0.2) is 24.3 Å². The Morgan fingerprint density at radius 3 is 2.30 bits per heavy atom. The molecule has 0 aliphatic carbocycles. The Morgan fingerprint density at radius 2 is 1.90 bits per heavy atom. The number of aldehydes is 1. The Labute approximate surface area is 119 Å². The first kappa shape index (κ1) is 15.2. The maximum Gasteiger partial charge on any atom is 0.295 e. The third-order valence-electron chi connectivity index (χ3n) is 3.85. The molecule has 0 radical (unpaired) electrons. The number of likely N-dealkylation sites (tertiary alicyclic amines) is 1. The second kappa shape index (κ2) is 5.27. The summed E-state index contributed by atoms with van der Waals surface area (Å²) in [4.78, 5) is 11.2. The fourth-order valence-corrected chi connectivity index (χ4v) is 3.74. The molecule has 6 heteroatoms. The van der Waals surface area contributed by atoms with Gasteiger partial charge < -0.3 is 0 Å². The third kappa shape index (κ3) is 2.17. The summed E-state index contributed by atoms with van der Waals surface area (Å²) in [6, 6.07) is 6.89. The molecule has 0 aromatic heterocycles. The fraction of sp³-hybridized carbons (Fsp3) is 0.500. The van der Waals surface area contributed by atoms with Crippen molar-refractivity contribution >= 4 is 16.4 Å². The lowest BCUT2D eigenvalue weighted by atomic mass is 9.91. The number of rotatable bonds is 5. The first-order valence-electron chi connectivity index (χ1n) is 6.62. The number of carbonyl (C=O) groups excluding carboxylic acids is 1. The van der Waals surface area contributed by atoms with Crippen molar-refractivity contribution in [1.29, 1.82) is 0 Å². The number of carbonyl (C=O) groups is 1. The normalized spacial score (nSPS) is 19.4. The van der Waals surface area contributed by atoms with Crippen LogP contribution in [0.4, 0.5) is 0 Å². The Kier molecular flexibility index (Phi) is 4.00. The molecule has 1 saturated heterocycles.